The number of hydrogen-bond donors (Lipinski definition) is 1. The molecule has 0 atom stereocenters. The van der Waals surface area contributed by atoms with Crippen molar-refractivity contribution in [2.75, 3.05) is 19.0 Å². The van der Waals surface area contributed by atoms with Gasteiger partial charge in [-0.05, 0) is 44.2 Å². The molecule has 1 amide bonds. The molecule has 0 aliphatic carbocycles. The average Bonchev–Trinajstić information content (AvgIpc) is 2.67. The number of nitro benzene ring substituents is 1. The molecule has 0 aromatic heterocycles. The molecule has 10 heteroatoms. The molecule has 0 saturated heterocycles. The maximum atomic E-state index is 13.0. The van der Waals surface area contributed by atoms with Crippen LogP contribution in [0.3, 0.4) is 0 Å². The monoisotopic (exact) mass is 406 g/mol. The van der Waals surface area contributed by atoms with Crippen LogP contribution in [-0.2, 0) is 14.3 Å². The molecule has 0 aliphatic rings. The maximum absolute atomic E-state index is 13.0. The zero-order chi connectivity index (χ0) is 21.6. The fourth-order valence-corrected chi connectivity index (χ4v) is 2.24. The molecule has 9 nitrogen and oxygen atoms in total. The van der Waals surface area contributed by atoms with Crippen LogP contribution < -0.4 is 14.8 Å². The van der Waals surface area contributed by atoms with Gasteiger partial charge in [0.05, 0.1) is 17.7 Å². The Morgan fingerprint density at radius 3 is 2.41 bits per heavy atom. The summed E-state index contributed by atoms with van der Waals surface area (Å²) in [6, 6.07) is 8.74. The molecule has 0 saturated carbocycles. The van der Waals surface area contributed by atoms with Crippen LogP contribution in [0.15, 0.2) is 42.5 Å². The van der Waals surface area contributed by atoms with E-state index in [1.54, 1.807) is 0 Å². The van der Waals surface area contributed by atoms with Crippen molar-refractivity contribution in [3.63, 3.8) is 0 Å². The van der Waals surface area contributed by atoms with Crippen molar-refractivity contribution >= 4 is 23.3 Å². The molecule has 0 fully saturated rings. The number of non-ortho nitro benzene ring substituents is 1. The second-order valence-corrected chi connectivity index (χ2v) is 6.33. The number of carbonyl (C=O) groups is 2. The van der Waals surface area contributed by atoms with Gasteiger partial charge in [-0.1, -0.05) is 0 Å². The van der Waals surface area contributed by atoms with Crippen LogP contribution in [0, 0.1) is 15.9 Å². The average molecular weight is 406 g/mol. The van der Waals surface area contributed by atoms with Gasteiger partial charge in [0.2, 0.25) is 0 Å². The summed E-state index contributed by atoms with van der Waals surface area (Å²) in [5.41, 5.74) is -1.63. The van der Waals surface area contributed by atoms with E-state index >= 15 is 0 Å². The Balaban J connectivity index is 1.97. The van der Waals surface area contributed by atoms with Crippen molar-refractivity contribution in [3.8, 4) is 11.5 Å². The van der Waals surface area contributed by atoms with Crippen molar-refractivity contribution in [1.29, 1.82) is 0 Å². The third kappa shape index (κ3) is 5.89. The van der Waals surface area contributed by atoms with Crippen molar-refractivity contribution in [1.82, 2.24) is 0 Å². The van der Waals surface area contributed by atoms with Crippen LogP contribution in [0.25, 0.3) is 0 Å². The van der Waals surface area contributed by atoms with E-state index in [4.69, 9.17) is 14.2 Å². The highest BCUT2D eigenvalue weighted by atomic mass is 19.1. The van der Waals surface area contributed by atoms with Gasteiger partial charge in [-0.25, -0.2) is 9.18 Å². The molecular formula is C19H19FN2O7. The zero-order valence-electron chi connectivity index (χ0n) is 15.9. The number of benzene rings is 2. The molecule has 0 unspecified atom stereocenters. The normalized spacial score (nSPS) is 10.8. The summed E-state index contributed by atoms with van der Waals surface area (Å²) >= 11 is 0. The lowest BCUT2D eigenvalue weighted by Crippen LogP contribution is -2.41. The van der Waals surface area contributed by atoms with E-state index in [0.29, 0.717) is 0 Å². The predicted octanol–water partition coefficient (Wildman–Crippen LogP) is 3.08. The number of anilines is 1. The number of nitrogens with zero attached hydrogens (tertiary/aromatic N) is 1. The number of nitrogens with one attached hydrogen (secondary N) is 1. The van der Waals surface area contributed by atoms with E-state index in [-0.39, 0.29) is 22.9 Å². The minimum Gasteiger partial charge on any atom is -0.495 e. The third-order valence-corrected chi connectivity index (χ3v) is 3.68. The summed E-state index contributed by atoms with van der Waals surface area (Å²) in [5, 5.41) is 13.3. The fourth-order valence-electron chi connectivity index (χ4n) is 2.24. The largest absolute Gasteiger partial charge is 0.495 e. The van der Waals surface area contributed by atoms with Crippen LogP contribution in [0.5, 0.6) is 11.5 Å². The maximum Gasteiger partial charge on any atom is 0.350 e. The molecule has 29 heavy (non-hydrogen) atoms. The molecule has 1 N–H and O–H groups in total. The van der Waals surface area contributed by atoms with E-state index in [2.05, 4.69) is 5.32 Å². The number of hydrogen-bond acceptors (Lipinski definition) is 7. The van der Waals surface area contributed by atoms with E-state index < -0.39 is 34.8 Å². The van der Waals surface area contributed by atoms with Gasteiger partial charge in [0.15, 0.2) is 12.2 Å². The zero-order valence-corrected chi connectivity index (χ0v) is 15.9. The highest BCUT2D eigenvalue weighted by Crippen LogP contribution is 2.28. The molecule has 0 aliphatic heterocycles. The van der Waals surface area contributed by atoms with Crippen molar-refractivity contribution in [3.05, 3.63) is 58.4 Å². The van der Waals surface area contributed by atoms with Gasteiger partial charge in [0.1, 0.15) is 17.3 Å². The SMILES string of the molecule is COc1ccc([N+](=O)[O-])cc1NC(=O)COC(=O)C(C)(C)Oc1ccc(F)cc1. The number of ether oxygens (including phenoxy) is 3. The Labute approximate surface area is 165 Å². The standard InChI is InChI=1S/C19H19FN2O7/c1-19(2,29-14-7-4-12(20)5-8-14)18(24)28-11-17(23)21-15-10-13(22(25)26)6-9-16(15)27-3/h4-10H,11H2,1-3H3,(H,21,23). The Morgan fingerprint density at radius 2 is 1.83 bits per heavy atom. The first kappa shape index (κ1) is 21.6. The quantitative estimate of drug-likeness (QED) is 0.407. The van der Waals surface area contributed by atoms with Gasteiger partial charge < -0.3 is 19.5 Å². The lowest BCUT2D eigenvalue weighted by Gasteiger charge is -2.24. The minimum atomic E-state index is -1.44. The van der Waals surface area contributed by atoms with Crippen LogP contribution in [0.4, 0.5) is 15.8 Å². The fraction of sp³-hybridized carbons (Fsp3) is 0.263. The second-order valence-electron chi connectivity index (χ2n) is 6.33. The molecule has 0 bridgehead atoms. The van der Waals surface area contributed by atoms with Gasteiger partial charge in [0, 0.05) is 12.1 Å². The van der Waals surface area contributed by atoms with Gasteiger partial charge in [-0.15, -0.1) is 0 Å². The van der Waals surface area contributed by atoms with Crippen molar-refractivity contribution in [2.45, 2.75) is 19.4 Å². The smallest absolute Gasteiger partial charge is 0.350 e. The van der Waals surface area contributed by atoms with E-state index in [9.17, 15) is 24.1 Å². The second kappa shape index (κ2) is 9.00. The molecular weight excluding hydrogens is 387 g/mol. The summed E-state index contributed by atoms with van der Waals surface area (Å²) < 4.78 is 28.4. The first-order valence-corrected chi connectivity index (χ1v) is 8.36. The molecule has 0 radical (unpaired) electrons. The summed E-state index contributed by atoms with van der Waals surface area (Å²) in [7, 11) is 1.34. The van der Waals surface area contributed by atoms with E-state index in [1.807, 2.05) is 0 Å². The van der Waals surface area contributed by atoms with Crippen LogP contribution in [-0.4, -0.2) is 36.1 Å². The third-order valence-electron chi connectivity index (χ3n) is 3.68. The number of amides is 1. The van der Waals surface area contributed by atoms with Gasteiger partial charge >= 0.3 is 5.97 Å². The predicted molar refractivity (Wildman–Crippen MR) is 100 cm³/mol. The van der Waals surface area contributed by atoms with Crippen molar-refractivity contribution < 1.29 is 33.1 Å². The number of carbonyl (C=O) groups excluding carboxylic acids is 2. The Bertz CT molecular complexity index is 913. The van der Waals surface area contributed by atoms with Crippen molar-refractivity contribution in [2.24, 2.45) is 0 Å². The number of halogens is 1. The summed E-state index contributed by atoms with van der Waals surface area (Å²) in [6.45, 7) is 2.21. The molecule has 2 rings (SSSR count). The highest BCUT2D eigenvalue weighted by molar-refractivity contribution is 5.95. The van der Waals surface area contributed by atoms with E-state index in [0.717, 1.165) is 6.07 Å². The number of rotatable bonds is 8. The highest BCUT2D eigenvalue weighted by Gasteiger charge is 2.32. The van der Waals surface area contributed by atoms with E-state index in [1.165, 1.54) is 57.4 Å². The Morgan fingerprint density at radius 1 is 1.17 bits per heavy atom. The topological polar surface area (TPSA) is 117 Å². The molecule has 2 aromatic carbocycles. The van der Waals surface area contributed by atoms with Gasteiger partial charge in [-0.2, -0.15) is 0 Å². The summed E-state index contributed by atoms with van der Waals surface area (Å²) in [5.74, 6) is -1.56. The first-order valence-electron chi connectivity index (χ1n) is 8.36. The van der Waals surface area contributed by atoms with Crippen LogP contribution >= 0.6 is 0 Å². The lowest BCUT2D eigenvalue weighted by molar-refractivity contribution is -0.384. The molecule has 0 spiro atoms. The van der Waals surface area contributed by atoms with Crippen LogP contribution in [0.1, 0.15) is 13.8 Å². The summed E-state index contributed by atoms with van der Waals surface area (Å²) in [4.78, 5) is 34.6. The Hall–Kier alpha value is -3.69. The molecule has 0 heterocycles. The molecule has 154 valence electrons. The van der Waals surface area contributed by atoms with Gasteiger partial charge in [-0.3, -0.25) is 14.9 Å². The van der Waals surface area contributed by atoms with Crippen LogP contribution in [0.2, 0.25) is 0 Å². The Kier molecular flexibility index (Phi) is 6.71. The molecule has 2 aromatic rings. The minimum absolute atomic E-state index is 0.0598. The number of nitro groups is 1. The number of methoxy groups -OCH3 is 1. The summed E-state index contributed by atoms with van der Waals surface area (Å²) in [6.07, 6.45) is 0. The first-order chi connectivity index (χ1) is 13.6. The lowest BCUT2D eigenvalue weighted by atomic mass is 10.1. The van der Waals surface area contributed by atoms with Gasteiger partial charge in [0.25, 0.3) is 11.6 Å². The number of esters is 1.